The summed E-state index contributed by atoms with van der Waals surface area (Å²) in [6, 6.07) is 38.1. The van der Waals surface area contributed by atoms with Crippen LogP contribution in [0, 0.1) is 5.92 Å². The number of benzene rings is 4. The molecule has 4 aromatic rings. The lowest BCUT2D eigenvalue weighted by molar-refractivity contribution is -0.124. The van der Waals surface area contributed by atoms with Gasteiger partial charge in [0.05, 0.1) is 16.8 Å². The first-order valence-electron chi connectivity index (χ1n) is 17.6. The summed E-state index contributed by atoms with van der Waals surface area (Å²) < 4.78 is 5.39. The summed E-state index contributed by atoms with van der Waals surface area (Å²) in [5, 5.41) is 16.6. The van der Waals surface area contributed by atoms with Crippen molar-refractivity contribution in [2.24, 2.45) is 5.92 Å². The molecule has 4 aromatic carbocycles. The Morgan fingerprint density at radius 1 is 0.880 bits per heavy atom. The molecule has 0 aliphatic carbocycles. The van der Waals surface area contributed by atoms with Crippen molar-refractivity contribution >= 4 is 23.8 Å². The molecule has 2 unspecified atom stereocenters. The van der Waals surface area contributed by atoms with E-state index in [1.54, 1.807) is 18.2 Å². The average molecular weight is 694 g/mol. The first kappa shape index (κ1) is 37.0. The minimum absolute atomic E-state index is 0.0410. The number of thioether (sulfide) groups is 1. The molecule has 0 bridgehead atoms. The molecule has 1 aliphatic rings. The number of likely N-dealkylation sites (tertiary alicyclic amines) is 1. The summed E-state index contributed by atoms with van der Waals surface area (Å²) in [5.41, 5.74) is 3.73. The molecular weight excluding hydrogens is 643 g/mol. The van der Waals surface area contributed by atoms with Crippen molar-refractivity contribution in [1.82, 2.24) is 15.5 Å². The number of carbonyl (C=O) groups excluding carboxylic acids is 2. The van der Waals surface area contributed by atoms with Crippen LogP contribution < -0.4 is 10.6 Å². The summed E-state index contributed by atoms with van der Waals surface area (Å²) in [4.78, 5) is 29.4. The Hall–Kier alpha value is -4.27. The van der Waals surface area contributed by atoms with Crippen LogP contribution in [0.5, 0.6) is 5.75 Å². The highest BCUT2D eigenvalue weighted by Crippen LogP contribution is 2.52. The van der Waals surface area contributed by atoms with Crippen LogP contribution >= 0.6 is 11.8 Å². The van der Waals surface area contributed by atoms with Gasteiger partial charge >= 0.3 is 6.09 Å². The fourth-order valence-corrected chi connectivity index (χ4v) is 8.55. The van der Waals surface area contributed by atoms with E-state index in [0.717, 1.165) is 28.7 Å². The second-order valence-corrected chi connectivity index (χ2v) is 15.7. The van der Waals surface area contributed by atoms with Crippen molar-refractivity contribution in [3.63, 3.8) is 0 Å². The molecule has 5 rings (SSSR count). The van der Waals surface area contributed by atoms with Crippen LogP contribution in [0.2, 0.25) is 0 Å². The van der Waals surface area contributed by atoms with Gasteiger partial charge < -0.3 is 25.4 Å². The fourth-order valence-electron chi connectivity index (χ4n) is 6.68. The monoisotopic (exact) mass is 693 g/mol. The van der Waals surface area contributed by atoms with Gasteiger partial charge in [-0.1, -0.05) is 123 Å². The smallest absolute Gasteiger partial charge is 0.410 e. The quantitative estimate of drug-likeness (QED) is 0.123. The number of aromatic hydroxyl groups is 1. The van der Waals surface area contributed by atoms with Gasteiger partial charge in [0.25, 0.3) is 0 Å². The van der Waals surface area contributed by atoms with E-state index in [1.807, 2.05) is 61.7 Å². The molecule has 0 saturated carbocycles. The Balaban J connectivity index is 1.42. The minimum Gasteiger partial charge on any atom is -0.508 e. The molecule has 7 nitrogen and oxygen atoms in total. The van der Waals surface area contributed by atoms with Gasteiger partial charge in [-0.25, -0.2) is 4.79 Å². The average Bonchev–Trinajstić information content (AvgIpc) is 3.52. The van der Waals surface area contributed by atoms with E-state index in [2.05, 4.69) is 97.3 Å². The maximum absolute atomic E-state index is 13.8. The van der Waals surface area contributed by atoms with E-state index in [1.165, 1.54) is 0 Å². The highest BCUT2D eigenvalue weighted by Gasteiger charge is 2.45. The van der Waals surface area contributed by atoms with Crippen molar-refractivity contribution in [3.05, 3.63) is 138 Å². The highest BCUT2D eigenvalue weighted by atomic mass is 32.2. The third-order valence-corrected chi connectivity index (χ3v) is 11.1. The largest absolute Gasteiger partial charge is 0.508 e. The van der Waals surface area contributed by atoms with Crippen molar-refractivity contribution in [2.45, 2.75) is 81.7 Å². The molecule has 0 aromatic heterocycles. The summed E-state index contributed by atoms with van der Waals surface area (Å²) >= 11 is 1.86. The van der Waals surface area contributed by atoms with Crippen LogP contribution in [0.3, 0.4) is 0 Å². The Labute approximate surface area is 301 Å². The molecular formula is C42H51N3O4S. The molecule has 4 atom stereocenters. The molecule has 1 fully saturated rings. The minimum atomic E-state index is -0.657. The predicted octanol–water partition coefficient (Wildman–Crippen LogP) is 8.12. The maximum Gasteiger partial charge on any atom is 0.410 e. The Morgan fingerprint density at radius 3 is 1.94 bits per heavy atom. The zero-order valence-electron chi connectivity index (χ0n) is 29.8. The number of ether oxygens (including phenoxy) is 1. The molecule has 50 heavy (non-hydrogen) atoms. The Bertz CT molecular complexity index is 1580. The van der Waals surface area contributed by atoms with Gasteiger partial charge in [0, 0.05) is 24.9 Å². The number of nitrogens with one attached hydrogen (secondary N) is 2. The SMILES string of the molecule is CC[C@H](C)[C@H](NCc1cccc(O)c1)C(=O)NCC1CC(SC(c2ccccc2)(c2ccccc2)c2ccccc2)CN1C(=O)OC(C)(C)C. The summed E-state index contributed by atoms with van der Waals surface area (Å²) in [5.74, 6) is 0.164. The number of nitrogens with zero attached hydrogens (tertiary/aromatic N) is 1. The number of phenols is 1. The van der Waals surface area contributed by atoms with E-state index in [4.69, 9.17) is 4.74 Å². The fraction of sp³-hybridized carbons (Fsp3) is 0.381. The lowest BCUT2D eigenvalue weighted by atomic mass is 9.84. The molecule has 3 N–H and O–H groups in total. The van der Waals surface area contributed by atoms with Crippen molar-refractivity contribution in [2.75, 3.05) is 13.1 Å². The maximum atomic E-state index is 13.8. The number of hydrogen-bond donors (Lipinski definition) is 3. The van der Waals surface area contributed by atoms with Crippen LogP contribution in [0.4, 0.5) is 4.79 Å². The van der Waals surface area contributed by atoms with Gasteiger partial charge in [-0.15, -0.1) is 11.8 Å². The van der Waals surface area contributed by atoms with Gasteiger partial charge in [0.2, 0.25) is 5.91 Å². The zero-order chi connectivity index (χ0) is 35.7. The van der Waals surface area contributed by atoms with Gasteiger partial charge in [-0.2, -0.15) is 0 Å². The van der Waals surface area contributed by atoms with Crippen molar-refractivity contribution < 1.29 is 19.4 Å². The summed E-state index contributed by atoms with van der Waals surface area (Å²) in [6.45, 7) is 11.0. The third kappa shape index (κ3) is 9.09. The molecule has 2 amide bonds. The molecule has 1 saturated heterocycles. The Kier molecular flexibility index (Phi) is 12.3. The van der Waals surface area contributed by atoms with E-state index < -0.39 is 16.4 Å². The first-order chi connectivity index (χ1) is 24.0. The molecule has 1 aliphatic heterocycles. The topological polar surface area (TPSA) is 90.9 Å². The van der Waals surface area contributed by atoms with Crippen molar-refractivity contribution in [1.29, 1.82) is 0 Å². The van der Waals surface area contributed by atoms with Gasteiger partial charge in [-0.05, 0) is 67.5 Å². The number of hydrogen-bond acceptors (Lipinski definition) is 6. The van der Waals surface area contributed by atoms with E-state index in [-0.39, 0.29) is 35.0 Å². The number of phenolic OH excluding ortho intramolecular Hbond substituents is 1. The molecule has 264 valence electrons. The summed E-state index contributed by atoms with van der Waals surface area (Å²) in [6.07, 6.45) is 1.13. The lowest BCUT2D eigenvalue weighted by Gasteiger charge is -2.37. The number of carbonyl (C=O) groups is 2. The molecule has 0 radical (unpaired) electrons. The predicted molar refractivity (Wildman–Crippen MR) is 203 cm³/mol. The van der Waals surface area contributed by atoms with E-state index in [0.29, 0.717) is 26.1 Å². The van der Waals surface area contributed by atoms with E-state index in [9.17, 15) is 14.7 Å². The zero-order valence-corrected chi connectivity index (χ0v) is 30.7. The van der Waals surface area contributed by atoms with Crippen LogP contribution in [0.15, 0.2) is 115 Å². The van der Waals surface area contributed by atoms with Gasteiger partial charge in [0.15, 0.2) is 0 Å². The van der Waals surface area contributed by atoms with Crippen molar-refractivity contribution in [3.8, 4) is 5.75 Å². The van der Waals surface area contributed by atoms with Crippen LogP contribution in [-0.2, 0) is 20.8 Å². The third-order valence-electron chi connectivity index (χ3n) is 9.33. The second-order valence-electron chi connectivity index (χ2n) is 14.2. The van der Waals surface area contributed by atoms with Crippen LogP contribution in [0.1, 0.15) is 69.7 Å². The number of amides is 2. The van der Waals surface area contributed by atoms with Gasteiger partial charge in [0.1, 0.15) is 11.4 Å². The van der Waals surface area contributed by atoms with Crippen LogP contribution in [-0.4, -0.2) is 58.0 Å². The molecule has 1 heterocycles. The lowest BCUT2D eigenvalue weighted by Crippen LogP contribution is -2.51. The standard InChI is InChI=1S/C42H51N3O4S/c1-6-30(2)38(43-27-31-17-16-24-36(46)25-31)39(47)44-28-35-26-37(29-45(35)40(48)49-41(3,4)5)50-42(32-18-10-7-11-19-32,33-20-12-8-13-21-33)34-22-14-9-15-23-34/h7-25,30,35,37-38,43,46H,6,26-29H2,1-5H3,(H,44,47)/t30-,35?,37?,38-/m0/s1. The Morgan fingerprint density at radius 2 is 1.44 bits per heavy atom. The molecule has 8 heteroatoms. The number of rotatable bonds is 13. The van der Waals surface area contributed by atoms with Crippen LogP contribution in [0.25, 0.3) is 0 Å². The summed E-state index contributed by atoms with van der Waals surface area (Å²) in [7, 11) is 0. The normalized spacial score (nSPS) is 17.6. The first-order valence-corrected chi connectivity index (χ1v) is 18.5. The van der Waals surface area contributed by atoms with Gasteiger partial charge in [-0.3, -0.25) is 4.79 Å². The van der Waals surface area contributed by atoms with E-state index >= 15 is 0 Å². The second kappa shape index (κ2) is 16.6. The highest BCUT2D eigenvalue weighted by molar-refractivity contribution is 8.01. The molecule has 0 spiro atoms.